The lowest BCUT2D eigenvalue weighted by atomic mass is 10.1. The smallest absolute Gasteiger partial charge is 0.410 e. The van der Waals surface area contributed by atoms with E-state index in [0.717, 1.165) is 0 Å². The maximum absolute atomic E-state index is 13.1. The number of hydrogen-bond donors (Lipinski definition) is 0. The molecule has 0 radical (unpaired) electrons. The van der Waals surface area contributed by atoms with Crippen molar-refractivity contribution >= 4 is 22.0 Å². The normalized spacial score (nSPS) is 25.4. The van der Waals surface area contributed by atoms with Crippen molar-refractivity contribution in [3.63, 3.8) is 0 Å². The molecule has 3 nitrogen and oxygen atoms in total. The van der Waals surface area contributed by atoms with Crippen LogP contribution in [0.4, 0.5) is 13.6 Å². The molecule has 16 heavy (non-hydrogen) atoms. The van der Waals surface area contributed by atoms with Crippen molar-refractivity contribution in [2.75, 3.05) is 13.1 Å². The molecule has 0 aromatic carbocycles. The zero-order chi connectivity index (χ0) is 12.6. The predicted molar refractivity (Wildman–Crippen MR) is 60.1 cm³/mol. The van der Waals surface area contributed by atoms with Crippen LogP contribution in [0, 0.1) is 0 Å². The number of nitrogens with zero attached hydrogens (tertiary/aromatic N) is 1. The molecule has 94 valence electrons. The van der Waals surface area contributed by atoms with Crippen molar-refractivity contribution < 1.29 is 18.3 Å². The van der Waals surface area contributed by atoms with E-state index < -0.39 is 22.4 Å². The van der Waals surface area contributed by atoms with E-state index in [1.54, 1.807) is 20.8 Å². The quantitative estimate of drug-likeness (QED) is 0.644. The molecule has 1 amide bonds. The maximum atomic E-state index is 13.1. The fourth-order valence-electron chi connectivity index (χ4n) is 1.35. The second-order valence-corrected chi connectivity index (χ2v) is 6.01. The van der Waals surface area contributed by atoms with E-state index in [-0.39, 0.29) is 19.5 Å². The minimum atomic E-state index is -2.75. The first-order valence-electron chi connectivity index (χ1n) is 5.12. The van der Waals surface area contributed by atoms with Gasteiger partial charge < -0.3 is 9.64 Å². The largest absolute Gasteiger partial charge is 0.444 e. The number of piperidine rings is 1. The Labute approximate surface area is 102 Å². The predicted octanol–water partition coefficient (Wildman–Crippen LogP) is 3.03. The molecule has 1 aliphatic rings. The van der Waals surface area contributed by atoms with E-state index >= 15 is 0 Å². The molecule has 1 heterocycles. The van der Waals surface area contributed by atoms with Gasteiger partial charge in [-0.1, -0.05) is 15.9 Å². The molecule has 0 aliphatic carbocycles. The number of carbonyl (C=O) groups excluding carboxylic acids is 1. The van der Waals surface area contributed by atoms with Crippen molar-refractivity contribution in [2.24, 2.45) is 0 Å². The monoisotopic (exact) mass is 299 g/mol. The fourth-order valence-corrected chi connectivity index (χ4v) is 1.93. The number of hydrogen-bond acceptors (Lipinski definition) is 2. The molecular formula is C10H16BrF2NO2. The van der Waals surface area contributed by atoms with Crippen LogP contribution in [0.1, 0.15) is 27.2 Å². The van der Waals surface area contributed by atoms with E-state index in [0.29, 0.717) is 0 Å². The second-order valence-electron chi connectivity index (χ2n) is 4.90. The maximum Gasteiger partial charge on any atom is 0.410 e. The molecule has 0 spiro atoms. The molecule has 0 aromatic rings. The van der Waals surface area contributed by atoms with Gasteiger partial charge in [-0.2, -0.15) is 0 Å². The number of ether oxygens (including phenoxy) is 1. The zero-order valence-electron chi connectivity index (χ0n) is 9.60. The van der Waals surface area contributed by atoms with Gasteiger partial charge in [-0.05, 0) is 20.8 Å². The van der Waals surface area contributed by atoms with Gasteiger partial charge in [-0.3, -0.25) is 0 Å². The summed E-state index contributed by atoms with van der Waals surface area (Å²) >= 11 is 2.90. The van der Waals surface area contributed by atoms with E-state index in [4.69, 9.17) is 4.74 Å². The summed E-state index contributed by atoms with van der Waals surface area (Å²) in [4.78, 5) is 11.9. The lowest BCUT2D eigenvalue weighted by Gasteiger charge is -2.36. The highest BCUT2D eigenvalue weighted by atomic mass is 79.9. The molecule has 1 saturated heterocycles. The Hall–Kier alpha value is -0.390. The Morgan fingerprint density at radius 1 is 1.50 bits per heavy atom. The number of amides is 1. The summed E-state index contributed by atoms with van der Waals surface area (Å²) < 4.78 is 31.4. The summed E-state index contributed by atoms with van der Waals surface area (Å²) in [5.41, 5.74) is -0.598. The SMILES string of the molecule is CC(C)(C)OC(=O)N1CCC(F)(F)[C@H](Br)C1. The summed E-state index contributed by atoms with van der Waals surface area (Å²) in [5, 5.41) is 0. The van der Waals surface area contributed by atoms with Crippen LogP contribution in [0.5, 0.6) is 0 Å². The van der Waals surface area contributed by atoms with Gasteiger partial charge in [0.2, 0.25) is 0 Å². The van der Waals surface area contributed by atoms with E-state index in [9.17, 15) is 13.6 Å². The molecule has 6 heteroatoms. The van der Waals surface area contributed by atoms with Gasteiger partial charge in [0.25, 0.3) is 5.92 Å². The molecule has 0 aromatic heterocycles. The third-order valence-corrected chi connectivity index (χ3v) is 3.17. The Morgan fingerprint density at radius 2 is 2.06 bits per heavy atom. The first kappa shape index (κ1) is 13.7. The average molecular weight is 300 g/mol. The average Bonchev–Trinajstić information content (AvgIpc) is 2.06. The lowest BCUT2D eigenvalue weighted by Crippen LogP contribution is -2.51. The molecular weight excluding hydrogens is 284 g/mol. The number of rotatable bonds is 0. The van der Waals surface area contributed by atoms with Crippen molar-refractivity contribution in [2.45, 2.75) is 43.5 Å². The Morgan fingerprint density at radius 3 is 2.50 bits per heavy atom. The van der Waals surface area contributed by atoms with Crippen LogP contribution < -0.4 is 0 Å². The van der Waals surface area contributed by atoms with E-state index in [2.05, 4.69) is 15.9 Å². The van der Waals surface area contributed by atoms with Gasteiger partial charge >= 0.3 is 6.09 Å². The minimum Gasteiger partial charge on any atom is -0.444 e. The molecule has 1 atom stereocenters. The van der Waals surface area contributed by atoms with Crippen LogP contribution in [0.25, 0.3) is 0 Å². The standard InChI is InChI=1S/C10H16BrF2NO2/c1-9(2,3)16-8(15)14-5-4-10(12,13)7(11)6-14/h7H,4-6H2,1-3H3/t7-/m1/s1. The topological polar surface area (TPSA) is 29.5 Å². The van der Waals surface area contributed by atoms with Crippen LogP contribution in [0.2, 0.25) is 0 Å². The molecule has 0 N–H and O–H groups in total. The molecule has 1 fully saturated rings. The van der Waals surface area contributed by atoms with Gasteiger partial charge in [-0.25, -0.2) is 13.6 Å². The Bertz CT molecular complexity index is 278. The van der Waals surface area contributed by atoms with Gasteiger partial charge in [0.05, 0.1) is 4.83 Å². The minimum absolute atomic E-state index is 0.0259. The van der Waals surface area contributed by atoms with Crippen LogP contribution in [0.3, 0.4) is 0 Å². The number of halogens is 3. The second kappa shape index (κ2) is 4.47. The van der Waals surface area contributed by atoms with Crippen LogP contribution in [-0.2, 0) is 4.74 Å². The number of carbonyl (C=O) groups is 1. The van der Waals surface area contributed by atoms with Gasteiger partial charge in [0.15, 0.2) is 0 Å². The number of alkyl halides is 3. The Balaban J connectivity index is 2.55. The van der Waals surface area contributed by atoms with E-state index in [1.165, 1.54) is 4.90 Å². The van der Waals surface area contributed by atoms with Crippen LogP contribution >= 0.6 is 15.9 Å². The van der Waals surface area contributed by atoms with Crippen molar-refractivity contribution in [1.29, 1.82) is 0 Å². The fraction of sp³-hybridized carbons (Fsp3) is 0.900. The highest BCUT2D eigenvalue weighted by Gasteiger charge is 2.44. The summed E-state index contributed by atoms with van der Waals surface area (Å²) in [6.45, 7) is 5.24. The van der Waals surface area contributed by atoms with Gasteiger partial charge in [0.1, 0.15) is 5.60 Å². The van der Waals surface area contributed by atoms with E-state index in [1.807, 2.05) is 0 Å². The highest BCUT2D eigenvalue weighted by Crippen LogP contribution is 2.33. The molecule has 0 unspecified atom stereocenters. The van der Waals surface area contributed by atoms with Gasteiger partial charge in [-0.15, -0.1) is 0 Å². The van der Waals surface area contributed by atoms with Crippen molar-refractivity contribution in [3.05, 3.63) is 0 Å². The summed E-state index contributed by atoms with van der Waals surface area (Å²) in [6.07, 6.45) is -0.866. The highest BCUT2D eigenvalue weighted by molar-refractivity contribution is 9.09. The first-order chi connectivity index (χ1) is 7.12. The third-order valence-electron chi connectivity index (χ3n) is 2.21. The zero-order valence-corrected chi connectivity index (χ0v) is 11.2. The first-order valence-corrected chi connectivity index (χ1v) is 6.03. The molecule has 0 saturated carbocycles. The molecule has 1 rings (SSSR count). The third kappa shape index (κ3) is 3.57. The summed E-state index contributed by atoms with van der Waals surface area (Å²) in [7, 11) is 0. The van der Waals surface area contributed by atoms with Crippen molar-refractivity contribution in [3.8, 4) is 0 Å². The molecule has 1 aliphatic heterocycles. The van der Waals surface area contributed by atoms with Crippen LogP contribution in [-0.4, -0.2) is 40.4 Å². The molecule has 0 bridgehead atoms. The van der Waals surface area contributed by atoms with Crippen molar-refractivity contribution in [1.82, 2.24) is 4.90 Å². The summed E-state index contributed by atoms with van der Waals surface area (Å²) in [5.74, 6) is -2.75. The lowest BCUT2D eigenvalue weighted by molar-refractivity contribution is -0.0512. The summed E-state index contributed by atoms with van der Waals surface area (Å²) in [6, 6.07) is 0. The Kier molecular flexibility index (Phi) is 3.82. The van der Waals surface area contributed by atoms with Crippen LogP contribution in [0.15, 0.2) is 0 Å². The number of likely N-dealkylation sites (tertiary alicyclic amines) is 1. The van der Waals surface area contributed by atoms with Gasteiger partial charge in [0, 0.05) is 19.5 Å².